The predicted molar refractivity (Wildman–Crippen MR) is 60.3 cm³/mol. The molecule has 0 spiro atoms. The van der Waals surface area contributed by atoms with E-state index in [0.717, 1.165) is 19.3 Å². The summed E-state index contributed by atoms with van der Waals surface area (Å²) < 4.78 is 0. The van der Waals surface area contributed by atoms with Crippen LogP contribution in [-0.2, 0) is 0 Å². The van der Waals surface area contributed by atoms with Gasteiger partial charge in [0.2, 0.25) is 0 Å². The monoisotopic (exact) mass is 234 g/mol. The quantitative estimate of drug-likeness (QED) is 0.485. The van der Waals surface area contributed by atoms with Crippen molar-refractivity contribution in [3.8, 4) is 0 Å². The number of hydrogen-bond acceptors (Lipinski definition) is 2. The van der Waals surface area contributed by atoms with E-state index in [4.69, 9.17) is 0 Å². The molecule has 1 aliphatic carbocycles. The van der Waals surface area contributed by atoms with Crippen molar-refractivity contribution >= 4 is 0 Å². The first kappa shape index (κ1) is 16.7. The van der Waals surface area contributed by atoms with Crippen molar-refractivity contribution in [3.05, 3.63) is 12.2 Å². The third-order valence-corrected chi connectivity index (χ3v) is 3.59. The second kappa shape index (κ2) is 6.01. The Balaban J connectivity index is 0.00000225. The summed E-state index contributed by atoms with van der Waals surface area (Å²) in [6.45, 7) is 7.86. The molecular formula is C13H23NaO2. The molecule has 0 aromatic heterocycles. The summed E-state index contributed by atoms with van der Waals surface area (Å²) >= 11 is 0. The van der Waals surface area contributed by atoms with Gasteiger partial charge in [-0.3, -0.25) is 0 Å². The molecule has 1 N–H and O–H groups in total. The third kappa shape index (κ3) is 4.15. The molecule has 0 saturated heterocycles. The van der Waals surface area contributed by atoms with E-state index in [1.54, 1.807) is 13.0 Å². The number of hydrogen-bond donors (Lipinski definition) is 1. The van der Waals surface area contributed by atoms with Gasteiger partial charge in [-0.2, -0.15) is 0 Å². The fourth-order valence-electron chi connectivity index (χ4n) is 2.79. The van der Waals surface area contributed by atoms with Crippen molar-refractivity contribution in [2.45, 2.75) is 58.7 Å². The summed E-state index contributed by atoms with van der Waals surface area (Å²) in [6.07, 6.45) is 5.93. The van der Waals surface area contributed by atoms with Gasteiger partial charge in [0.25, 0.3) is 0 Å². The average molecular weight is 234 g/mol. The zero-order valence-electron chi connectivity index (χ0n) is 11.3. The Labute approximate surface area is 121 Å². The largest absolute Gasteiger partial charge is 1.00 e. The molecular weight excluding hydrogens is 211 g/mol. The van der Waals surface area contributed by atoms with Gasteiger partial charge in [-0.25, -0.2) is 0 Å². The van der Waals surface area contributed by atoms with Crippen molar-refractivity contribution in [1.29, 1.82) is 0 Å². The van der Waals surface area contributed by atoms with Crippen LogP contribution in [0.2, 0.25) is 0 Å². The van der Waals surface area contributed by atoms with E-state index in [1.165, 1.54) is 0 Å². The number of rotatable bonds is 2. The first-order chi connectivity index (χ1) is 6.76. The molecule has 0 aromatic carbocycles. The maximum absolute atomic E-state index is 11.0. The Morgan fingerprint density at radius 2 is 1.88 bits per heavy atom. The van der Waals surface area contributed by atoms with Crippen LogP contribution in [0.3, 0.4) is 0 Å². The van der Waals surface area contributed by atoms with Gasteiger partial charge >= 0.3 is 29.6 Å². The van der Waals surface area contributed by atoms with E-state index < -0.39 is 11.7 Å². The van der Waals surface area contributed by atoms with E-state index in [2.05, 4.69) is 13.8 Å². The van der Waals surface area contributed by atoms with Crippen molar-refractivity contribution in [2.24, 2.45) is 11.3 Å². The van der Waals surface area contributed by atoms with Crippen LogP contribution in [0.5, 0.6) is 0 Å². The SMILES string of the molecule is CC([O-])/C=C/C1C(C)(C)CCCC1(C)O.[Na+]. The minimum atomic E-state index is -0.682. The molecule has 2 nitrogen and oxygen atoms in total. The molecule has 0 aliphatic heterocycles. The van der Waals surface area contributed by atoms with Gasteiger partial charge in [0.15, 0.2) is 0 Å². The molecule has 0 bridgehead atoms. The van der Waals surface area contributed by atoms with Crippen molar-refractivity contribution < 1.29 is 39.8 Å². The van der Waals surface area contributed by atoms with Gasteiger partial charge in [0.1, 0.15) is 0 Å². The Morgan fingerprint density at radius 1 is 1.31 bits per heavy atom. The Morgan fingerprint density at radius 3 is 2.31 bits per heavy atom. The first-order valence-electron chi connectivity index (χ1n) is 5.82. The summed E-state index contributed by atoms with van der Waals surface area (Å²) in [6, 6.07) is 0. The fraction of sp³-hybridized carbons (Fsp3) is 0.846. The minimum Gasteiger partial charge on any atom is -0.849 e. The van der Waals surface area contributed by atoms with Gasteiger partial charge < -0.3 is 10.2 Å². The third-order valence-electron chi connectivity index (χ3n) is 3.59. The molecule has 3 heteroatoms. The summed E-state index contributed by atoms with van der Waals surface area (Å²) in [5, 5.41) is 21.4. The van der Waals surface area contributed by atoms with Gasteiger partial charge in [0, 0.05) is 5.92 Å². The maximum atomic E-state index is 11.0. The van der Waals surface area contributed by atoms with Crippen LogP contribution in [0, 0.1) is 11.3 Å². The summed E-state index contributed by atoms with van der Waals surface area (Å²) in [5.74, 6) is 0.0927. The van der Waals surface area contributed by atoms with E-state index in [1.807, 2.05) is 13.0 Å². The second-order valence-corrected chi connectivity index (χ2v) is 5.77. The van der Waals surface area contributed by atoms with E-state index >= 15 is 0 Å². The van der Waals surface area contributed by atoms with Crippen LogP contribution >= 0.6 is 0 Å². The molecule has 3 unspecified atom stereocenters. The van der Waals surface area contributed by atoms with Crippen molar-refractivity contribution in [2.75, 3.05) is 0 Å². The van der Waals surface area contributed by atoms with Crippen LogP contribution in [0.15, 0.2) is 12.2 Å². The summed E-state index contributed by atoms with van der Waals surface area (Å²) in [5.41, 5.74) is -0.569. The molecule has 16 heavy (non-hydrogen) atoms. The van der Waals surface area contributed by atoms with Crippen LogP contribution in [-0.4, -0.2) is 16.8 Å². The van der Waals surface area contributed by atoms with Crippen molar-refractivity contribution in [1.82, 2.24) is 0 Å². The van der Waals surface area contributed by atoms with Crippen LogP contribution in [0.1, 0.15) is 47.0 Å². The van der Waals surface area contributed by atoms with Gasteiger partial charge in [0.05, 0.1) is 5.60 Å². The predicted octanol–water partition coefficient (Wildman–Crippen LogP) is -1.13. The fourth-order valence-corrected chi connectivity index (χ4v) is 2.79. The van der Waals surface area contributed by atoms with E-state index in [-0.39, 0.29) is 40.9 Å². The average Bonchev–Trinajstić information content (AvgIpc) is 1.99. The number of aliphatic hydroxyl groups is 1. The zero-order chi connectivity index (χ0) is 11.7. The molecule has 0 heterocycles. The molecule has 0 amide bonds. The Hall–Kier alpha value is 0.660. The van der Waals surface area contributed by atoms with Crippen molar-refractivity contribution in [3.63, 3.8) is 0 Å². The molecule has 0 radical (unpaired) electrons. The van der Waals surface area contributed by atoms with Crippen LogP contribution in [0.25, 0.3) is 0 Å². The molecule has 1 rings (SSSR count). The molecule has 0 aromatic rings. The Kier molecular flexibility index (Phi) is 6.26. The first-order valence-corrected chi connectivity index (χ1v) is 5.82. The standard InChI is InChI=1S/C13H23O2.Na/c1-10(14)6-7-11-12(2,3)8-5-9-13(11,4)15;/h6-7,10-11,15H,5,8-9H2,1-4H3;/q-1;+1/b7-6+;. The zero-order valence-corrected chi connectivity index (χ0v) is 13.3. The summed E-state index contributed by atoms with van der Waals surface area (Å²) in [7, 11) is 0. The smallest absolute Gasteiger partial charge is 0.849 e. The van der Waals surface area contributed by atoms with Crippen LogP contribution in [0.4, 0.5) is 0 Å². The van der Waals surface area contributed by atoms with E-state index in [9.17, 15) is 10.2 Å². The second-order valence-electron chi connectivity index (χ2n) is 5.77. The van der Waals surface area contributed by atoms with Gasteiger partial charge in [-0.05, 0) is 25.2 Å². The molecule has 88 valence electrons. The molecule has 1 aliphatic rings. The molecule has 1 fully saturated rings. The van der Waals surface area contributed by atoms with E-state index in [0.29, 0.717) is 0 Å². The summed E-state index contributed by atoms with van der Waals surface area (Å²) in [4.78, 5) is 0. The van der Waals surface area contributed by atoms with Gasteiger partial charge in [-0.15, -0.1) is 12.2 Å². The normalized spacial score (nSPS) is 35.8. The minimum absolute atomic E-state index is 0. The topological polar surface area (TPSA) is 43.3 Å². The Bertz CT molecular complexity index is 228. The maximum Gasteiger partial charge on any atom is 1.00 e. The molecule has 3 atom stereocenters. The van der Waals surface area contributed by atoms with Crippen LogP contribution < -0.4 is 34.7 Å². The molecule has 1 saturated carbocycles. The van der Waals surface area contributed by atoms with Gasteiger partial charge in [-0.1, -0.05) is 33.3 Å².